The van der Waals surface area contributed by atoms with Gasteiger partial charge in [0.2, 0.25) is 5.91 Å². The van der Waals surface area contributed by atoms with E-state index in [1.54, 1.807) is 19.2 Å². The SMILES string of the molecule is CN(CC1CC(Br)=NO1)C(=O)[C@H](Cc1ccc(O)cc1)NC(=O)OCc1ccccc1. The average molecular weight is 490 g/mol. The van der Waals surface area contributed by atoms with Crippen LogP contribution in [-0.2, 0) is 27.4 Å². The second-order valence-corrected chi connectivity index (χ2v) is 8.16. The van der Waals surface area contributed by atoms with Gasteiger partial charge in [0.25, 0.3) is 0 Å². The molecule has 164 valence electrons. The summed E-state index contributed by atoms with van der Waals surface area (Å²) in [6.07, 6.45) is -0.108. The molecule has 2 N–H and O–H groups in total. The van der Waals surface area contributed by atoms with Gasteiger partial charge in [-0.3, -0.25) is 4.79 Å². The van der Waals surface area contributed by atoms with Crippen LogP contribution in [0.1, 0.15) is 17.5 Å². The van der Waals surface area contributed by atoms with Crippen molar-refractivity contribution in [3.8, 4) is 5.75 Å². The Labute approximate surface area is 189 Å². The first-order valence-corrected chi connectivity index (χ1v) is 10.6. The summed E-state index contributed by atoms with van der Waals surface area (Å²) in [5, 5.41) is 16.0. The zero-order valence-electron chi connectivity index (χ0n) is 17.0. The Balaban J connectivity index is 1.63. The molecule has 2 aromatic carbocycles. The minimum atomic E-state index is -0.844. The third kappa shape index (κ3) is 6.99. The lowest BCUT2D eigenvalue weighted by atomic mass is 10.0. The van der Waals surface area contributed by atoms with Crippen molar-refractivity contribution >= 4 is 32.6 Å². The molecular weight excluding hydrogens is 466 g/mol. The van der Waals surface area contributed by atoms with Gasteiger partial charge < -0.3 is 24.9 Å². The zero-order chi connectivity index (χ0) is 22.2. The van der Waals surface area contributed by atoms with Crippen molar-refractivity contribution < 1.29 is 24.3 Å². The molecule has 1 aliphatic heterocycles. The number of alkyl carbamates (subject to hydrolysis) is 1. The van der Waals surface area contributed by atoms with Gasteiger partial charge in [0, 0.05) is 19.9 Å². The van der Waals surface area contributed by atoms with Crippen LogP contribution in [0.3, 0.4) is 0 Å². The van der Waals surface area contributed by atoms with Crippen LogP contribution in [0.15, 0.2) is 59.8 Å². The maximum absolute atomic E-state index is 13.1. The molecule has 3 rings (SSSR count). The minimum Gasteiger partial charge on any atom is -0.508 e. The van der Waals surface area contributed by atoms with E-state index in [1.165, 1.54) is 17.0 Å². The molecule has 0 spiro atoms. The lowest BCUT2D eigenvalue weighted by Gasteiger charge is -2.26. The van der Waals surface area contributed by atoms with Gasteiger partial charge in [0.15, 0.2) is 6.10 Å². The number of nitrogens with one attached hydrogen (secondary N) is 1. The number of likely N-dealkylation sites (N-methyl/N-ethyl adjacent to an activating group) is 1. The van der Waals surface area contributed by atoms with Crippen molar-refractivity contribution in [3.05, 3.63) is 65.7 Å². The highest BCUT2D eigenvalue weighted by atomic mass is 79.9. The van der Waals surface area contributed by atoms with E-state index in [2.05, 4.69) is 26.4 Å². The van der Waals surface area contributed by atoms with Crippen LogP contribution >= 0.6 is 15.9 Å². The fourth-order valence-electron chi connectivity index (χ4n) is 3.13. The standard InChI is InChI=1S/C22H24BrN3O5/c1-26(13-18-12-20(23)25-31-18)21(28)19(11-15-7-9-17(27)10-8-15)24-22(29)30-14-16-5-3-2-4-6-16/h2-10,18-19,27H,11-14H2,1H3,(H,24,29)/t18?,19-/m0/s1. The van der Waals surface area contributed by atoms with Crippen LogP contribution in [0, 0.1) is 0 Å². The highest BCUT2D eigenvalue weighted by molar-refractivity contribution is 9.18. The van der Waals surface area contributed by atoms with E-state index in [4.69, 9.17) is 9.57 Å². The molecule has 0 saturated carbocycles. The third-order valence-electron chi connectivity index (χ3n) is 4.73. The maximum Gasteiger partial charge on any atom is 0.408 e. The maximum atomic E-state index is 13.1. The Morgan fingerprint density at radius 1 is 1.23 bits per heavy atom. The summed E-state index contributed by atoms with van der Waals surface area (Å²) in [7, 11) is 1.65. The van der Waals surface area contributed by atoms with Crippen molar-refractivity contribution in [3.63, 3.8) is 0 Å². The molecule has 1 unspecified atom stereocenters. The van der Waals surface area contributed by atoms with Crippen LogP contribution in [0.25, 0.3) is 0 Å². The highest BCUT2D eigenvalue weighted by Gasteiger charge is 2.29. The van der Waals surface area contributed by atoms with Gasteiger partial charge in [0.05, 0.1) is 6.54 Å². The van der Waals surface area contributed by atoms with Gasteiger partial charge in [-0.15, -0.1) is 0 Å². The van der Waals surface area contributed by atoms with E-state index in [9.17, 15) is 14.7 Å². The summed E-state index contributed by atoms with van der Waals surface area (Å²) in [5.74, 6) is -0.153. The Morgan fingerprint density at radius 3 is 2.58 bits per heavy atom. The van der Waals surface area contributed by atoms with Crippen LogP contribution in [-0.4, -0.2) is 52.4 Å². The largest absolute Gasteiger partial charge is 0.508 e. The summed E-state index contributed by atoms with van der Waals surface area (Å²) < 4.78 is 5.98. The number of phenols is 1. The van der Waals surface area contributed by atoms with Crippen molar-refractivity contribution in [2.45, 2.75) is 31.6 Å². The number of phenolic OH excluding ortho intramolecular Hbond substituents is 1. The average Bonchev–Trinajstić information content (AvgIpc) is 3.18. The van der Waals surface area contributed by atoms with Crippen LogP contribution in [0.2, 0.25) is 0 Å². The quantitative estimate of drug-likeness (QED) is 0.592. The van der Waals surface area contributed by atoms with Gasteiger partial charge >= 0.3 is 6.09 Å². The van der Waals surface area contributed by atoms with Crippen molar-refractivity contribution in [1.29, 1.82) is 0 Å². The molecule has 31 heavy (non-hydrogen) atoms. The first kappa shape index (κ1) is 22.6. The minimum absolute atomic E-state index is 0.101. The molecule has 8 nitrogen and oxygen atoms in total. The number of carbonyl (C=O) groups excluding carboxylic acids is 2. The summed E-state index contributed by atoms with van der Waals surface area (Å²) >= 11 is 3.28. The van der Waals surface area contributed by atoms with Crippen molar-refractivity contribution in [2.24, 2.45) is 5.16 Å². The molecular formula is C22H24BrN3O5. The second-order valence-electron chi connectivity index (χ2n) is 7.25. The molecule has 0 bridgehead atoms. The van der Waals surface area contributed by atoms with E-state index in [0.29, 0.717) is 17.6 Å². The van der Waals surface area contributed by atoms with Crippen LogP contribution in [0.4, 0.5) is 4.79 Å². The van der Waals surface area contributed by atoms with E-state index in [0.717, 1.165) is 11.1 Å². The fraction of sp³-hybridized carbons (Fsp3) is 0.318. The zero-order valence-corrected chi connectivity index (χ0v) is 18.6. The lowest BCUT2D eigenvalue weighted by Crippen LogP contribution is -2.50. The molecule has 0 aliphatic carbocycles. The smallest absolute Gasteiger partial charge is 0.408 e. The molecule has 2 atom stereocenters. The van der Waals surface area contributed by atoms with E-state index in [-0.39, 0.29) is 30.8 Å². The number of nitrogens with zero attached hydrogens (tertiary/aromatic N) is 2. The van der Waals surface area contributed by atoms with Crippen molar-refractivity contribution in [2.75, 3.05) is 13.6 Å². The predicted octanol–water partition coefficient (Wildman–Crippen LogP) is 3.19. The monoisotopic (exact) mass is 489 g/mol. The van der Waals surface area contributed by atoms with Gasteiger partial charge in [-0.05, 0) is 39.2 Å². The first-order valence-electron chi connectivity index (χ1n) is 9.79. The fourth-order valence-corrected chi connectivity index (χ4v) is 3.57. The number of rotatable bonds is 8. The van der Waals surface area contributed by atoms with Crippen LogP contribution in [0.5, 0.6) is 5.75 Å². The number of amides is 2. The van der Waals surface area contributed by atoms with Gasteiger partial charge in [-0.2, -0.15) is 0 Å². The van der Waals surface area contributed by atoms with Crippen LogP contribution < -0.4 is 5.32 Å². The summed E-state index contributed by atoms with van der Waals surface area (Å²) in [4.78, 5) is 32.3. The molecule has 2 amide bonds. The molecule has 1 aliphatic rings. The predicted molar refractivity (Wildman–Crippen MR) is 119 cm³/mol. The number of hydrogen-bond donors (Lipinski definition) is 2. The summed E-state index contributed by atoms with van der Waals surface area (Å²) in [5.41, 5.74) is 1.64. The number of benzene rings is 2. The van der Waals surface area contributed by atoms with E-state index in [1.807, 2.05) is 30.3 Å². The first-order chi connectivity index (χ1) is 14.9. The number of hydrogen-bond acceptors (Lipinski definition) is 6. The number of oxime groups is 1. The molecule has 0 saturated heterocycles. The molecule has 1 heterocycles. The van der Waals surface area contributed by atoms with Gasteiger partial charge in [-0.1, -0.05) is 47.6 Å². The Kier molecular flexibility index (Phi) is 7.88. The second kappa shape index (κ2) is 10.8. The molecule has 2 aromatic rings. The number of aromatic hydroxyl groups is 1. The third-order valence-corrected chi connectivity index (χ3v) is 5.20. The highest BCUT2D eigenvalue weighted by Crippen LogP contribution is 2.16. The number of ether oxygens (including phenoxy) is 1. The summed E-state index contributed by atoms with van der Waals surface area (Å²) in [6, 6.07) is 14.9. The normalized spacial score (nSPS) is 16.1. The van der Waals surface area contributed by atoms with Gasteiger partial charge in [0.1, 0.15) is 23.0 Å². The molecule has 0 fully saturated rings. The molecule has 0 radical (unpaired) electrons. The molecule has 9 heteroatoms. The van der Waals surface area contributed by atoms with Crippen molar-refractivity contribution in [1.82, 2.24) is 10.2 Å². The Hall–Kier alpha value is -3.07. The topological polar surface area (TPSA) is 100 Å². The Morgan fingerprint density at radius 2 is 1.94 bits per heavy atom. The number of carbonyl (C=O) groups is 2. The van der Waals surface area contributed by atoms with Gasteiger partial charge in [-0.25, -0.2) is 4.79 Å². The molecule has 0 aromatic heterocycles. The van der Waals surface area contributed by atoms with E-state index < -0.39 is 12.1 Å². The van der Waals surface area contributed by atoms with E-state index >= 15 is 0 Å². The number of halogens is 1. The Bertz CT molecular complexity index is 921. The lowest BCUT2D eigenvalue weighted by molar-refractivity contribution is -0.133. The summed E-state index contributed by atoms with van der Waals surface area (Å²) in [6.45, 7) is 0.425.